The molecule has 0 aliphatic carbocycles. The van der Waals surface area contributed by atoms with Crippen LogP contribution in [0.5, 0.6) is 5.75 Å². The average molecular weight is 365 g/mol. The van der Waals surface area contributed by atoms with Gasteiger partial charge in [0.15, 0.2) is 5.84 Å². The number of sulfonamides is 1. The Balaban J connectivity index is 1.70. The van der Waals surface area contributed by atoms with Crippen molar-refractivity contribution in [2.75, 3.05) is 0 Å². The van der Waals surface area contributed by atoms with E-state index in [1.807, 2.05) is 30.3 Å². The van der Waals surface area contributed by atoms with Crippen LogP contribution in [0.1, 0.15) is 18.1 Å². The quantitative estimate of drug-likeness (QED) is 0.539. The minimum absolute atomic E-state index is 0.132. The lowest BCUT2D eigenvalue weighted by Crippen LogP contribution is -2.19. The van der Waals surface area contributed by atoms with Gasteiger partial charge in [-0.3, -0.25) is 5.43 Å². The maximum atomic E-state index is 12.1. The van der Waals surface area contributed by atoms with Crippen LogP contribution in [0.3, 0.4) is 0 Å². The van der Waals surface area contributed by atoms with Crippen molar-refractivity contribution in [1.82, 2.24) is 5.43 Å². The molecule has 0 spiro atoms. The van der Waals surface area contributed by atoms with Crippen LogP contribution < -0.4 is 5.43 Å². The number of phenolic OH excluding ortho intramolecular Hbond substituents is 1. The summed E-state index contributed by atoms with van der Waals surface area (Å²) >= 11 is 0. The molecule has 0 bridgehead atoms. The van der Waals surface area contributed by atoms with Crippen molar-refractivity contribution >= 4 is 32.3 Å². The molecule has 0 amide bonds. The van der Waals surface area contributed by atoms with Gasteiger partial charge in [0.2, 0.25) is 0 Å². The smallest absolute Gasteiger partial charge is 0.285 e. The topological polar surface area (TPSA) is 91.1 Å². The number of hydrogen-bond acceptors (Lipinski definition) is 5. The van der Waals surface area contributed by atoms with Gasteiger partial charge in [-0.1, -0.05) is 42.5 Å². The van der Waals surface area contributed by atoms with E-state index in [1.54, 1.807) is 31.2 Å². The molecule has 3 aromatic carbocycles. The van der Waals surface area contributed by atoms with Crippen molar-refractivity contribution in [1.29, 1.82) is 0 Å². The molecule has 6 nitrogen and oxygen atoms in total. The molecule has 7 heteroatoms. The number of aromatic hydroxyl groups is 1. The van der Waals surface area contributed by atoms with Gasteiger partial charge in [0.1, 0.15) is 10.6 Å². The van der Waals surface area contributed by atoms with Crippen LogP contribution in [0.4, 0.5) is 0 Å². The molecule has 0 unspecified atom stereocenters. The molecule has 1 aliphatic rings. The maximum Gasteiger partial charge on any atom is 0.285 e. The standard InChI is InChI=1S/C19H15N3O3S/c1-12(14-11-10-13-6-2-3-7-15(13)18(14)23)20-21-19-16-8-4-5-9-17(16)26(24,25)22-19/h2-11,23H,1H3,(H,21,22)/b20-12+. The molecule has 0 atom stereocenters. The molecule has 1 aliphatic heterocycles. The number of nitrogens with zero attached hydrogens (tertiary/aromatic N) is 2. The van der Waals surface area contributed by atoms with Gasteiger partial charge in [-0.25, -0.2) is 0 Å². The highest BCUT2D eigenvalue weighted by molar-refractivity contribution is 7.90. The van der Waals surface area contributed by atoms with Crippen molar-refractivity contribution in [3.05, 3.63) is 71.8 Å². The molecule has 3 aromatic rings. The lowest BCUT2D eigenvalue weighted by Gasteiger charge is -2.08. The zero-order chi connectivity index (χ0) is 18.3. The molecule has 2 N–H and O–H groups in total. The number of amidine groups is 1. The molecule has 130 valence electrons. The Hall–Kier alpha value is -3.19. The average Bonchev–Trinajstić information content (AvgIpc) is 2.91. The van der Waals surface area contributed by atoms with E-state index >= 15 is 0 Å². The molecule has 0 aromatic heterocycles. The second-order valence-corrected chi connectivity index (χ2v) is 7.48. The summed E-state index contributed by atoms with van der Waals surface area (Å²) in [5, 5.41) is 16.4. The number of rotatable bonds is 2. The molecule has 26 heavy (non-hydrogen) atoms. The van der Waals surface area contributed by atoms with Gasteiger partial charge < -0.3 is 5.11 Å². The van der Waals surface area contributed by atoms with Gasteiger partial charge in [-0.2, -0.15) is 13.5 Å². The van der Waals surface area contributed by atoms with Crippen LogP contribution in [0, 0.1) is 0 Å². The molecule has 1 heterocycles. The van der Waals surface area contributed by atoms with Crippen LogP contribution in [-0.4, -0.2) is 25.1 Å². The van der Waals surface area contributed by atoms with E-state index < -0.39 is 10.0 Å². The molecular weight excluding hydrogens is 350 g/mol. The third kappa shape index (κ3) is 2.62. The number of benzene rings is 3. The highest BCUT2D eigenvalue weighted by Gasteiger charge is 2.28. The number of nitrogens with one attached hydrogen (secondary N) is 1. The fraction of sp³-hybridized carbons (Fsp3) is 0.0526. The van der Waals surface area contributed by atoms with Crippen LogP contribution in [0.25, 0.3) is 10.8 Å². The van der Waals surface area contributed by atoms with E-state index in [9.17, 15) is 13.5 Å². The Bertz CT molecular complexity index is 1200. The summed E-state index contributed by atoms with van der Waals surface area (Å²) in [4.78, 5) is 0.156. The van der Waals surface area contributed by atoms with Gasteiger partial charge in [0.25, 0.3) is 10.0 Å². The third-order valence-electron chi connectivity index (χ3n) is 4.25. The van der Waals surface area contributed by atoms with Crippen molar-refractivity contribution in [3.8, 4) is 5.75 Å². The van der Waals surface area contributed by atoms with E-state index in [1.165, 1.54) is 6.07 Å². The minimum atomic E-state index is -3.70. The summed E-state index contributed by atoms with van der Waals surface area (Å²) in [6.07, 6.45) is 0. The minimum Gasteiger partial charge on any atom is -0.507 e. The zero-order valence-corrected chi connectivity index (χ0v) is 14.7. The van der Waals surface area contributed by atoms with Gasteiger partial charge in [0.05, 0.1) is 5.71 Å². The summed E-state index contributed by atoms with van der Waals surface area (Å²) in [7, 11) is -3.70. The summed E-state index contributed by atoms with van der Waals surface area (Å²) in [6.45, 7) is 1.73. The van der Waals surface area contributed by atoms with Gasteiger partial charge >= 0.3 is 0 Å². The number of hydrazone groups is 1. The SMILES string of the molecule is C/C(=N\NC1=NS(=O)(=O)c2ccccc21)c1ccc2ccccc2c1O. The first-order valence-electron chi connectivity index (χ1n) is 7.93. The number of phenols is 1. The van der Waals surface area contributed by atoms with Gasteiger partial charge in [-0.15, -0.1) is 4.40 Å². The van der Waals surface area contributed by atoms with Crippen molar-refractivity contribution in [2.24, 2.45) is 9.50 Å². The summed E-state index contributed by atoms with van der Waals surface area (Å²) in [6, 6.07) is 17.7. The van der Waals surface area contributed by atoms with E-state index in [0.717, 1.165) is 10.8 Å². The van der Waals surface area contributed by atoms with Crippen LogP contribution in [0.15, 0.2) is 75.1 Å². The van der Waals surface area contributed by atoms with Crippen molar-refractivity contribution < 1.29 is 13.5 Å². The van der Waals surface area contributed by atoms with E-state index in [4.69, 9.17) is 0 Å². The molecule has 0 fully saturated rings. The Labute approximate surface area is 150 Å². The summed E-state index contributed by atoms with van der Waals surface area (Å²) < 4.78 is 27.9. The van der Waals surface area contributed by atoms with E-state index in [2.05, 4.69) is 14.9 Å². The predicted molar refractivity (Wildman–Crippen MR) is 101 cm³/mol. The number of hydrogen-bond donors (Lipinski definition) is 2. The largest absolute Gasteiger partial charge is 0.507 e. The molecular formula is C19H15N3O3S. The monoisotopic (exact) mass is 365 g/mol. The number of fused-ring (bicyclic) bond motifs is 2. The Morgan fingerprint density at radius 2 is 1.77 bits per heavy atom. The summed E-state index contributed by atoms with van der Waals surface area (Å²) in [5.41, 5.74) is 4.27. The molecule has 0 saturated heterocycles. The molecule has 0 saturated carbocycles. The second-order valence-electron chi connectivity index (χ2n) is 5.90. The third-order valence-corrected chi connectivity index (χ3v) is 5.59. The first-order chi connectivity index (χ1) is 12.5. The highest BCUT2D eigenvalue weighted by atomic mass is 32.2. The van der Waals surface area contributed by atoms with E-state index in [0.29, 0.717) is 16.8 Å². The first kappa shape index (κ1) is 16.3. The lowest BCUT2D eigenvalue weighted by molar-refractivity contribution is 0.480. The van der Waals surface area contributed by atoms with Crippen LogP contribution in [0.2, 0.25) is 0 Å². The Morgan fingerprint density at radius 1 is 1.04 bits per heavy atom. The maximum absolute atomic E-state index is 12.1. The Morgan fingerprint density at radius 3 is 2.62 bits per heavy atom. The van der Waals surface area contributed by atoms with Crippen molar-refractivity contribution in [2.45, 2.75) is 11.8 Å². The molecule has 4 rings (SSSR count). The fourth-order valence-electron chi connectivity index (χ4n) is 2.93. The van der Waals surface area contributed by atoms with E-state index in [-0.39, 0.29) is 16.5 Å². The predicted octanol–water partition coefficient (Wildman–Crippen LogP) is 3.01. The normalized spacial score (nSPS) is 15.6. The van der Waals surface area contributed by atoms with Crippen molar-refractivity contribution in [3.63, 3.8) is 0 Å². The van der Waals surface area contributed by atoms with Crippen LogP contribution in [-0.2, 0) is 10.0 Å². The lowest BCUT2D eigenvalue weighted by atomic mass is 10.0. The highest BCUT2D eigenvalue weighted by Crippen LogP contribution is 2.29. The second kappa shape index (κ2) is 5.96. The van der Waals surface area contributed by atoms with Gasteiger partial charge in [0, 0.05) is 16.5 Å². The zero-order valence-electron chi connectivity index (χ0n) is 13.8. The van der Waals surface area contributed by atoms with Gasteiger partial charge in [-0.05, 0) is 30.5 Å². The molecule has 0 radical (unpaired) electrons. The summed E-state index contributed by atoms with van der Waals surface area (Å²) in [5.74, 6) is 0.299. The fourth-order valence-corrected chi connectivity index (χ4v) is 4.10. The van der Waals surface area contributed by atoms with Crippen LogP contribution >= 0.6 is 0 Å². The first-order valence-corrected chi connectivity index (χ1v) is 9.37. The Kier molecular flexibility index (Phi) is 3.73.